The molecule has 2 heterocycles. The molecule has 2 aromatic heterocycles. The molecule has 158 valence electrons. The number of rotatable bonds is 3. The number of fused-ring (bicyclic) bond motifs is 1. The summed E-state index contributed by atoms with van der Waals surface area (Å²) in [5.41, 5.74) is -0.442. The average molecular weight is 448 g/mol. The fourth-order valence-electron chi connectivity index (χ4n) is 3.14. The Labute approximate surface area is 176 Å². The minimum atomic E-state index is -4.81. The van der Waals surface area contributed by atoms with Crippen LogP contribution in [-0.4, -0.2) is 26.8 Å². The first-order valence-electron chi connectivity index (χ1n) is 8.80. The number of carboxylic acids is 1. The summed E-state index contributed by atoms with van der Waals surface area (Å²) in [6.45, 7) is 1.79. The first kappa shape index (κ1) is 20.7. The number of carboxylic acid groups (broad SMARTS) is 1. The number of benzene rings is 2. The van der Waals surface area contributed by atoms with Crippen LogP contribution in [0.4, 0.5) is 17.6 Å². The van der Waals surface area contributed by atoms with Gasteiger partial charge in [0, 0.05) is 16.0 Å². The first-order valence-corrected chi connectivity index (χ1v) is 9.61. The molecule has 4 aromatic rings. The number of aryl methyl sites for hydroxylation is 1. The van der Waals surface area contributed by atoms with E-state index in [1.165, 1.54) is 35.6 Å². The molecule has 31 heavy (non-hydrogen) atoms. The maximum absolute atomic E-state index is 13.8. The summed E-state index contributed by atoms with van der Waals surface area (Å²) in [6, 6.07) is 9.10. The molecule has 0 unspecified atom stereocenters. The number of carbonyl (C=O) groups excluding carboxylic acids is 1. The third-order valence-corrected chi connectivity index (χ3v) is 5.60. The summed E-state index contributed by atoms with van der Waals surface area (Å²) in [7, 11) is 0. The Morgan fingerprint density at radius 1 is 1.03 bits per heavy atom. The summed E-state index contributed by atoms with van der Waals surface area (Å²) < 4.78 is 54.5. The number of nitrogens with zero attached hydrogens (tertiary/aromatic N) is 2. The van der Waals surface area contributed by atoms with Gasteiger partial charge in [0.15, 0.2) is 0 Å². The standard InChI is InChI=1S/C21H12F4N2O3S/c1-10-6-16-18(31-10)17(11-2-4-12(5-3-11)20(29)30)26-27(16)19(28)13-7-14(21(23,24)25)9-15(22)8-13/h2-9H,1H3,(H,29,30). The van der Waals surface area contributed by atoms with Gasteiger partial charge in [-0.05, 0) is 43.3 Å². The van der Waals surface area contributed by atoms with Crippen LogP contribution in [0.1, 0.15) is 31.2 Å². The van der Waals surface area contributed by atoms with Gasteiger partial charge in [-0.3, -0.25) is 4.79 Å². The maximum atomic E-state index is 13.8. The molecular formula is C21H12F4N2O3S. The maximum Gasteiger partial charge on any atom is 0.416 e. The molecule has 2 aromatic carbocycles. The van der Waals surface area contributed by atoms with Crippen molar-refractivity contribution in [2.45, 2.75) is 13.1 Å². The number of aromatic carboxylic acids is 1. The predicted molar refractivity (Wildman–Crippen MR) is 106 cm³/mol. The molecule has 0 radical (unpaired) electrons. The number of thiophene rings is 1. The van der Waals surface area contributed by atoms with Crippen LogP contribution in [0.2, 0.25) is 0 Å². The smallest absolute Gasteiger partial charge is 0.416 e. The van der Waals surface area contributed by atoms with Crippen LogP contribution in [-0.2, 0) is 6.18 Å². The molecule has 0 saturated heterocycles. The minimum Gasteiger partial charge on any atom is -0.478 e. The molecule has 0 spiro atoms. The lowest BCUT2D eigenvalue weighted by atomic mass is 10.1. The van der Waals surface area contributed by atoms with Crippen molar-refractivity contribution in [2.75, 3.05) is 0 Å². The molecule has 0 saturated carbocycles. The molecule has 0 aliphatic heterocycles. The lowest BCUT2D eigenvalue weighted by Gasteiger charge is -2.09. The second-order valence-corrected chi connectivity index (χ2v) is 8.00. The number of hydrogen-bond acceptors (Lipinski definition) is 4. The number of carbonyl (C=O) groups is 2. The molecule has 4 rings (SSSR count). The third-order valence-electron chi connectivity index (χ3n) is 4.55. The van der Waals surface area contributed by atoms with Crippen molar-refractivity contribution in [2.24, 2.45) is 0 Å². The van der Waals surface area contributed by atoms with Gasteiger partial charge < -0.3 is 5.11 Å². The highest BCUT2D eigenvalue weighted by Gasteiger charge is 2.32. The van der Waals surface area contributed by atoms with E-state index >= 15 is 0 Å². The van der Waals surface area contributed by atoms with Gasteiger partial charge in [-0.15, -0.1) is 11.3 Å². The van der Waals surface area contributed by atoms with E-state index in [2.05, 4.69) is 5.10 Å². The Hall–Kier alpha value is -3.53. The second-order valence-electron chi connectivity index (χ2n) is 6.75. The van der Waals surface area contributed by atoms with E-state index in [1.54, 1.807) is 13.0 Å². The van der Waals surface area contributed by atoms with Crippen LogP contribution >= 0.6 is 11.3 Å². The summed E-state index contributed by atoms with van der Waals surface area (Å²) >= 11 is 1.32. The SMILES string of the molecule is Cc1cc2c(s1)c(-c1ccc(C(=O)O)cc1)nn2C(=O)c1cc(F)cc(C(F)(F)F)c1. The Balaban J connectivity index is 1.85. The topological polar surface area (TPSA) is 72.2 Å². The Morgan fingerprint density at radius 3 is 2.32 bits per heavy atom. The van der Waals surface area contributed by atoms with Crippen molar-refractivity contribution < 1.29 is 32.3 Å². The zero-order valence-electron chi connectivity index (χ0n) is 15.7. The Bertz CT molecular complexity index is 1340. The van der Waals surface area contributed by atoms with Crippen molar-refractivity contribution >= 4 is 33.4 Å². The van der Waals surface area contributed by atoms with Gasteiger partial charge in [0.25, 0.3) is 5.91 Å². The summed E-state index contributed by atoms with van der Waals surface area (Å²) in [5.74, 6) is -3.20. The van der Waals surface area contributed by atoms with Crippen LogP contribution in [0.5, 0.6) is 0 Å². The fourth-order valence-corrected chi connectivity index (χ4v) is 4.14. The first-order chi connectivity index (χ1) is 14.5. The minimum absolute atomic E-state index is 0.0669. The Kier molecular flexibility index (Phi) is 4.89. The van der Waals surface area contributed by atoms with Gasteiger partial charge in [0.05, 0.1) is 21.3 Å². The van der Waals surface area contributed by atoms with E-state index in [9.17, 15) is 27.2 Å². The van der Waals surface area contributed by atoms with E-state index in [1.807, 2.05) is 0 Å². The van der Waals surface area contributed by atoms with Gasteiger partial charge >= 0.3 is 12.1 Å². The van der Waals surface area contributed by atoms with Crippen LogP contribution in [0.3, 0.4) is 0 Å². The fraction of sp³-hybridized carbons (Fsp3) is 0.0952. The van der Waals surface area contributed by atoms with Gasteiger partial charge in [-0.1, -0.05) is 12.1 Å². The van der Waals surface area contributed by atoms with E-state index in [-0.39, 0.29) is 5.56 Å². The van der Waals surface area contributed by atoms with Crippen molar-refractivity contribution in [1.29, 1.82) is 0 Å². The highest BCUT2D eigenvalue weighted by atomic mass is 32.1. The number of aromatic nitrogens is 2. The largest absolute Gasteiger partial charge is 0.478 e. The van der Waals surface area contributed by atoms with Gasteiger partial charge in [0.2, 0.25) is 0 Å². The predicted octanol–water partition coefficient (Wildman–Crippen LogP) is 5.62. The van der Waals surface area contributed by atoms with Crippen LogP contribution in [0.15, 0.2) is 48.5 Å². The molecule has 0 atom stereocenters. The summed E-state index contributed by atoms with van der Waals surface area (Å²) in [5, 5.41) is 13.3. The van der Waals surface area contributed by atoms with Gasteiger partial charge in [-0.2, -0.15) is 23.0 Å². The molecule has 10 heteroatoms. The molecule has 5 nitrogen and oxygen atoms in total. The molecule has 1 N–H and O–H groups in total. The second kappa shape index (κ2) is 7.31. The lowest BCUT2D eigenvalue weighted by Crippen LogP contribution is -2.16. The zero-order valence-corrected chi connectivity index (χ0v) is 16.5. The normalized spacial score (nSPS) is 11.8. The summed E-state index contributed by atoms with van der Waals surface area (Å²) in [4.78, 5) is 24.9. The molecule has 0 fully saturated rings. The Morgan fingerprint density at radius 2 is 1.71 bits per heavy atom. The monoisotopic (exact) mass is 448 g/mol. The van der Waals surface area contributed by atoms with Gasteiger partial charge in [0.1, 0.15) is 11.5 Å². The highest BCUT2D eigenvalue weighted by Crippen LogP contribution is 2.35. The van der Waals surface area contributed by atoms with Crippen molar-refractivity contribution in [3.63, 3.8) is 0 Å². The van der Waals surface area contributed by atoms with E-state index < -0.39 is 35.0 Å². The molecular weight excluding hydrogens is 436 g/mol. The summed E-state index contributed by atoms with van der Waals surface area (Å²) in [6.07, 6.45) is -4.81. The molecule has 0 aliphatic carbocycles. The average Bonchev–Trinajstić information content (AvgIpc) is 3.23. The van der Waals surface area contributed by atoms with Crippen LogP contribution in [0.25, 0.3) is 21.5 Å². The number of hydrogen-bond donors (Lipinski definition) is 1. The van der Waals surface area contributed by atoms with E-state index in [4.69, 9.17) is 5.11 Å². The van der Waals surface area contributed by atoms with Crippen molar-refractivity contribution in [3.05, 3.63) is 75.9 Å². The van der Waals surface area contributed by atoms with E-state index in [0.717, 1.165) is 15.6 Å². The highest BCUT2D eigenvalue weighted by molar-refractivity contribution is 7.19. The van der Waals surface area contributed by atoms with Crippen LogP contribution < -0.4 is 0 Å². The van der Waals surface area contributed by atoms with Crippen molar-refractivity contribution in [3.8, 4) is 11.3 Å². The number of halogens is 4. The quantitative estimate of drug-likeness (QED) is 0.413. The zero-order chi connectivity index (χ0) is 22.5. The molecule has 0 aliphatic rings. The number of alkyl halides is 3. The molecule has 0 bridgehead atoms. The van der Waals surface area contributed by atoms with E-state index in [0.29, 0.717) is 33.6 Å². The third kappa shape index (κ3) is 3.81. The van der Waals surface area contributed by atoms with Crippen LogP contribution in [0, 0.1) is 12.7 Å². The van der Waals surface area contributed by atoms with Gasteiger partial charge in [-0.25, -0.2) is 9.18 Å². The molecule has 0 amide bonds. The lowest BCUT2D eigenvalue weighted by molar-refractivity contribution is -0.137. The van der Waals surface area contributed by atoms with Crippen molar-refractivity contribution in [1.82, 2.24) is 9.78 Å².